The molecule has 0 saturated heterocycles. The van der Waals surface area contributed by atoms with Crippen LogP contribution in [0, 0.1) is 0 Å². The first kappa shape index (κ1) is 21.0. The van der Waals surface area contributed by atoms with Crippen LogP contribution in [0.4, 0.5) is 10.5 Å². The third-order valence-electron chi connectivity index (χ3n) is 4.88. The maximum atomic E-state index is 12.2. The summed E-state index contributed by atoms with van der Waals surface area (Å²) in [6.07, 6.45) is 4.00. The van der Waals surface area contributed by atoms with Gasteiger partial charge in [-0.15, -0.1) is 6.58 Å². The number of rotatable bonds is 5. The molecule has 1 N–H and O–H groups in total. The van der Waals surface area contributed by atoms with E-state index in [2.05, 4.69) is 22.9 Å². The summed E-state index contributed by atoms with van der Waals surface area (Å²) >= 11 is 0. The minimum atomic E-state index is -0.555. The molecular weight excluding hydrogens is 368 g/mol. The van der Waals surface area contributed by atoms with Gasteiger partial charge < -0.3 is 19.4 Å². The van der Waals surface area contributed by atoms with Crippen molar-refractivity contribution in [3.05, 3.63) is 52.4 Å². The van der Waals surface area contributed by atoms with E-state index in [4.69, 9.17) is 9.15 Å². The zero-order valence-corrected chi connectivity index (χ0v) is 17.7. The number of alkyl carbamates (subject to hydrolysis) is 1. The number of carbonyl (C=O) groups is 1. The van der Waals surface area contributed by atoms with E-state index in [1.807, 2.05) is 39.8 Å². The molecule has 3 rings (SSSR count). The Kier molecular flexibility index (Phi) is 6.01. The van der Waals surface area contributed by atoms with Crippen molar-refractivity contribution in [2.24, 2.45) is 0 Å². The maximum Gasteiger partial charge on any atom is 0.407 e. The standard InChI is InChI=1S/C23H30N2O4/c1-6-9-25-10-7-8-16-12-18-17(13-21(26)28-20(18)14-19(16)25)11-15(2)24-22(27)29-23(3,4)5/h6,12-15H,1,7-11H2,2-5H3,(H,24,27). The Morgan fingerprint density at radius 2 is 2.14 bits per heavy atom. The normalized spacial score (nSPS) is 15.0. The predicted molar refractivity (Wildman–Crippen MR) is 116 cm³/mol. The minimum Gasteiger partial charge on any atom is -0.444 e. The Morgan fingerprint density at radius 1 is 1.38 bits per heavy atom. The van der Waals surface area contributed by atoms with Crippen LogP contribution in [-0.4, -0.2) is 30.8 Å². The van der Waals surface area contributed by atoms with Crippen LogP contribution >= 0.6 is 0 Å². The highest BCUT2D eigenvalue weighted by Gasteiger charge is 2.21. The molecule has 1 aliphatic rings. The van der Waals surface area contributed by atoms with E-state index in [-0.39, 0.29) is 11.7 Å². The van der Waals surface area contributed by atoms with Crippen molar-refractivity contribution in [1.82, 2.24) is 5.32 Å². The van der Waals surface area contributed by atoms with E-state index >= 15 is 0 Å². The summed E-state index contributed by atoms with van der Waals surface area (Å²) in [6.45, 7) is 12.9. The lowest BCUT2D eigenvalue weighted by Gasteiger charge is -2.30. The molecule has 1 aromatic heterocycles. The Labute approximate surface area is 171 Å². The Balaban J connectivity index is 1.89. The van der Waals surface area contributed by atoms with Crippen molar-refractivity contribution in [3.63, 3.8) is 0 Å². The number of fused-ring (bicyclic) bond motifs is 2. The molecule has 0 radical (unpaired) electrons. The van der Waals surface area contributed by atoms with Gasteiger partial charge in [-0.3, -0.25) is 0 Å². The van der Waals surface area contributed by atoms with Gasteiger partial charge in [0.1, 0.15) is 11.2 Å². The van der Waals surface area contributed by atoms with E-state index in [0.717, 1.165) is 42.6 Å². The first-order chi connectivity index (χ1) is 13.7. The molecule has 1 unspecified atom stereocenters. The first-order valence-corrected chi connectivity index (χ1v) is 10.1. The summed E-state index contributed by atoms with van der Waals surface area (Å²) in [7, 11) is 0. The number of anilines is 1. The van der Waals surface area contributed by atoms with E-state index in [0.29, 0.717) is 12.0 Å². The second-order valence-corrected chi connectivity index (χ2v) is 8.66. The topological polar surface area (TPSA) is 71.8 Å². The quantitative estimate of drug-likeness (QED) is 0.604. The number of nitrogens with zero attached hydrogens (tertiary/aromatic N) is 1. The predicted octanol–water partition coefficient (Wildman–Crippen LogP) is 4.19. The summed E-state index contributed by atoms with van der Waals surface area (Å²) in [6, 6.07) is 5.41. The van der Waals surface area contributed by atoms with Gasteiger partial charge in [0.25, 0.3) is 0 Å². The van der Waals surface area contributed by atoms with Crippen molar-refractivity contribution in [2.75, 3.05) is 18.0 Å². The number of hydrogen-bond acceptors (Lipinski definition) is 5. The lowest BCUT2D eigenvalue weighted by Crippen LogP contribution is -2.38. The molecule has 2 aromatic rings. The van der Waals surface area contributed by atoms with Gasteiger partial charge in [-0.1, -0.05) is 6.08 Å². The fourth-order valence-corrected chi connectivity index (χ4v) is 3.79. The van der Waals surface area contributed by atoms with Crippen LogP contribution in [0.3, 0.4) is 0 Å². The van der Waals surface area contributed by atoms with Crippen LogP contribution in [0.5, 0.6) is 0 Å². The van der Waals surface area contributed by atoms with Crippen molar-refractivity contribution >= 4 is 22.7 Å². The molecule has 156 valence electrons. The zero-order chi connectivity index (χ0) is 21.2. The second-order valence-electron chi connectivity index (χ2n) is 8.66. The van der Waals surface area contributed by atoms with Gasteiger partial charge in [0.15, 0.2) is 0 Å². The van der Waals surface area contributed by atoms with E-state index in [9.17, 15) is 9.59 Å². The summed E-state index contributed by atoms with van der Waals surface area (Å²) < 4.78 is 10.8. The number of hydrogen-bond donors (Lipinski definition) is 1. The molecule has 0 aliphatic carbocycles. The monoisotopic (exact) mass is 398 g/mol. The largest absolute Gasteiger partial charge is 0.444 e. The maximum absolute atomic E-state index is 12.2. The lowest BCUT2D eigenvalue weighted by atomic mass is 9.96. The summed E-state index contributed by atoms with van der Waals surface area (Å²) in [4.78, 5) is 26.5. The Hall–Kier alpha value is -2.76. The van der Waals surface area contributed by atoms with Crippen LogP contribution in [0.1, 0.15) is 45.2 Å². The minimum absolute atomic E-state index is 0.192. The van der Waals surface area contributed by atoms with Crippen LogP contribution in [0.25, 0.3) is 11.0 Å². The molecule has 0 bridgehead atoms. The molecule has 1 atom stereocenters. The average Bonchev–Trinajstić information content (AvgIpc) is 2.59. The molecule has 1 aromatic carbocycles. The van der Waals surface area contributed by atoms with Gasteiger partial charge in [-0.2, -0.15) is 0 Å². The fraction of sp³-hybridized carbons (Fsp3) is 0.478. The van der Waals surface area contributed by atoms with Crippen LogP contribution in [-0.2, 0) is 17.6 Å². The third-order valence-corrected chi connectivity index (χ3v) is 4.88. The molecule has 1 aliphatic heterocycles. The number of benzene rings is 1. The molecular formula is C23H30N2O4. The number of nitrogens with one attached hydrogen (secondary N) is 1. The first-order valence-electron chi connectivity index (χ1n) is 10.1. The highest BCUT2D eigenvalue weighted by molar-refractivity contribution is 5.86. The highest BCUT2D eigenvalue weighted by Crippen LogP contribution is 2.32. The average molecular weight is 399 g/mol. The van der Waals surface area contributed by atoms with Crippen molar-refractivity contribution in [1.29, 1.82) is 0 Å². The summed E-state index contributed by atoms with van der Waals surface area (Å²) in [5.41, 5.74) is 2.84. The molecule has 29 heavy (non-hydrogen) atoms. The second kappa shape index (κ2) is 8.31. The smallest absolute Gasteiger partial charge is 0.407 e. The van der Waals surface area contributed by atoms with Crippen LogP contribution < -0.4 is 15.8 Å². The zero-order valence-electron chi connectivity index (χ0n) is 17.7. The SMILES string of the molecule is C=CCN1CCCc2cc3c(CC(C)NC(=O)OC(C)(C)C)cc(=O)oc3cc21. The highest BCUT2D eigenvalue weighted by atomic mass is 16.6. The van der Waals surface area contributed by atoms with Gasteiger partial charge in [0.2, 0.25) is 0 Å². The van der Waals surface area contributed by atoms with E-state index < -0.39 is 11.7 Å². The number of aryl methyl sites for hydroxylation is 1. The number of amides is 1. The summed E-state index contributed by atoms with van der Waals surface area (Å²) in [5.74, 6) is 0. The van der Waals surface area contributed by atoms with E-state index in [1.54, 1.807) is 0 Å². The number of carbonyl (C=O) groups excluding carboxylic acids is 1. The molecule has 0 saturated carbocycles. The van der Waals surface area contributed by atoms with Crippen molar-refractivity contribution < 1.29 is 13.9 Å². The molecule has 1 amide bonds. The molecule has 0 spiro atoms. The number of ether oxygens (including phenoxy) is 1. The van der Waals surface area contributed by atoms with Gasteiger partial charge in [-0.05, 0) is 64.2 Å². The Bertz CT molecular complexity index is 971. The molecule has 6 heteroatoms. The molecule has 2 heterocycles. The van der Waals surface area contributed by atoms with Crippen LogP contribution in [0.2, 0.25) is 0 Å². The van der Waals surface area contributed by atoms with Crippen molar-refractivity contribution in [3.8, 4) is 0 Å². The summed E-state index contributed by atoms with van der Waals surface area (Å²) in [5, 5.41) is 3.76. The fourth-order valence-electron chi connectivity index (χ4n) is 3.79. The Morgan fingerprint density at radius 3 is 2.83 bits per heavy atom. The van der Waals surface area contributed by atoms with Gasteiger partial charge in [0.05, 0.1) is 0 Å². The van der Waals surface area contributed by atoms with Crippen molar-refractivity contribution in [2.45, 2.75) is 58.6 Å². The van der Waals surface area contributed by atoms with Gasteiger partial charge in [0, 0.05) is 42.3 Å². The third kappa shape index (κ3) is 5.19. The van der Waals surface area contributed by atoms with E-state index in [1.165, 1.54) is 11.6 Å². The molecule has 6 nitrogen and oxygen atoms in total. The van der Waals surface area contributed by atoms with Crippen LogP contribution in [0.15, 0.2) is 40.1 Å². The molecule has 0 fully saturated rings. The van der Waals surface area contributed by atoms with Gasteiger partial charge >= 0.3 is 11.7 Å². The lowest BCUT2D eigenvalue weighted by molar-refractivity contribution is 0.0508. The van der Waals surface area contributed by atoms with Gasteiger partial charge in [-0.25, -0.2) is 9.59 Å².